The predicted octanol–water partition coefficient (Wildman–Crippen LogP) is 4.59. The molecule has 4 nitrogen and oxygen atoms in total. The van der Waals surface area contributed by atoms with E-state index >= 15 is 0 Å². The third kappa shape index (κ3) is 3.45. The van der Waals surface area contributed by atoms with E-state index in [0.717, 1.165) is 5.56 Å². The first-order valence-electron chi connectivity index (χ1n) is 7.24. The smallest absolute Gasteiger partial charge is 0.349 e. The molecule has 1 amide bonds. The van der Waals surface area contributed by atoms with Crippen LogP contribution in [0.1, 0.15) is 28.9 Å². The number of amides is 1. The fourth-order valence-corrected chi connectivity index (χ4v) is 2.67. The van der Waals surface area contributed by atoms with Crippen molar-refractivity contribution in [3.05, 3.63) is 80.1 Å². The van der Waals surface area contributed by atoms with Gasteiger partial charge in [0.25, 0.3) is 5.91 Å². The minimum atomic E-state index is -0.689. The molecule has 1 unspecified atom stereocenters. The summed E-state index contributed by atoms with van der Waals surface area (Å²) >= 11 is 11.8. The minimum Gasteiger partial charge on any atom is -0.422 e. The first-order chi connectivity index (χ1) is 11.4. The molecule has 0 spiro atoms. The van der Waals surface area contributed by atoms with Gasteiger partial charge in [0, 0.05) is 15.4 Å². The van der Waals surface area contributed by atoms with Gasteiger partial charge in [-0.1, -0.05) is 35.3 Å². The fourth-order valence-electron chi connectivity index (χ4n) is 2.36. The summed E-state index contributed by atoms with van der Waals surface area (Å²) < 4.78 is 5.18. The molecule has 3 aromatic rings. The van der Waals surface area contributed by atoms with Crippen molar-refractivity contribution in [3.63, 3.8) is 0 Å². The SMILES string of the molecule is CC(NC(=O)c1cc2cc(Cl)ccc2oc1=O)c1ccc(Cl)cc1. The standard InChI is InChI=1S/C18H13Cl2NO3/c1-10(11-2-4-13(19)5-3-11)21-17(22)15-9-12-8-14(20)6-7-16(12)24-18(15)23/h2-10H,1H3,(H,21,22). The number of fused-ring (bicyclic) bond motifs is 1. The lowest BCUT2D eigenvalue weighted by molar-refractivity contribution is 0.0936. The second-order valence-corrected chi connectivity index (χ2v) is 6.25. The molecule has 1 heterocycles. The Kier molecular flexibility index (Phi) is 4.60. The number of carbonyl (C=O) groups is 1. The summed E-state index contributed by atoms with van der Waals surface area (Å²) in [5.41, 5.74) is 0.504. The third-order valence-electron chi connectivity index (χ3n) is 3.66. The molecule has 0 radical (unpaired) electrons. The molecule has 1 atom stereocenters. The van der Waals surface area contributed by atoms with Gasteiger partial charge in [-0.05, 0) is 48.9 Å². The molecule has 0 aliphatic heterocycles. The Balaban J connectivity index is 1.89. The fraction of sp³-hybridized carbons (Fsp3) is 0.111. The van der Waals surface area contributed by atoms with Crippen molar-refractivity contribution in [1.82, 2.24) is 5.32 Å². The Labute approximate surface area is 148 Å². The van der Waals surface area contributed by atoms with Gasteiger partial charge in [-0.25, -0.2) is 4.79 Å². The van der Waals surface area contributed by atoms with Gasteiger partial charge < -0.3 is 9.73 Å². The van der Waals surface area contributed by atoms with Crippen molar-refractivity contribution in [2.45, 2.75) is 13.0 Å². The van der Waals surface area contributed by atoms with Crippen molar-refractivity contribution >= 4 is 40.1 Å². The highest BCUT2D eigenvalue weighted by Gasteiger charge is 2.17. The highest BCUT2D eigenvalue weighted by Crippen LogP contribution is 2.20. The van der Waals surface area contributed by atoms with E-state index in [2.05, 4.69) is 5.32 Å². The van der Waals surface area contributed by atoms with Gasteiger partial charge in [0.1, 0.15) is 11.1 Å². The van der Waals surface area contributed by atoms with Crippen LogP contribution in [0, 0.1) is 0 Å². The molecule has 0 aliphatic rings. The number of hydrogen-bond donors (Lipinski definition) is 1. The zero-order valence-corrected chi connectivity index (χ0v) is 14.2. The molecule has 0 fully saturated rings. The Morgan fingerprint density at radius 1 is 1.04 bits per heavy atom. The van der Waals surface area contributed by atoms with Crippen LogP contribution >= 0.6 is 23.2 Å². The molecule has 0 bridgehead atoms. The molecule has 3 rings (SSSR count). The van der Waals surface area contributed by atoms with E-state index in [1.165, 1.54) is 6.07 Å². The van der Waals surface area contributed by atoms with Gasteiger partial charge in [0.05, 0.1) is 6.04 Å². The van der Waals surface area contributed by atoms with Crippen LogP contribution in [0.4, 0.5) is 0 Å². The Morgan fingerprint density at radius 2 is 1.71 bits per heavy atom. The van der Waals surface area contributed by atoms with Crippen molar-refractivity contribution in [3.8, 4) is 0 Å². The van der Waals surface area contributed by atoms with E-state index < -0.39 is 11.5 Å². The average molecular weight is 362 g/mol. The number of nitrogens with one attached hydrogen (secondary N) is 1. The molecule has 1 N–H and O–H groups in total. The van der Waals surface area contributed by atoms with Crippen LogP contribution in [0.5, 0.6) is 0 Å². The lowest BCUT2D eigenvalue weighted by Crippen LogP contribution is -2.30. The summed E-state index contributed by atoms with van der Waals surface area (Å²) in [4.78, 5) is 24.5. The zero-order chi connectivity index (χ0) is 17.3. The summed E-state index contributed by atoms with van der Waals surface area (Å²) in [5.74, 6) is -0.506. The molecule has 6 heteroatoms. The second kappa shape index (κ2) is 6.67. The Hall–Kier alpha value is -2.30. The van der Waals surface area contributed by atoms with E-state index in [-0.39, 0.29) is 11.6 Å². The molecular formula is C18H13Cl2NO3. The molecule has 122 valence electrons. The molecule has 0 saturated heterocycles. The molecular weight excluding hydrogens is 349 g/mol. The van der Waals surface area contributed by atoms with Gasteiger partial charge in [-0.2, -0.15) is 0 Å². The second-order valence-electron chi connectivity index (χ2n) is 5.38. The summed E-state index contributed by atoms with van der Waals surface area (Å²) in [6, 6.07) is 13.2. The Morgan fingerprint density at radius 3 is 2.42 bits per heavy atom. The van der Waals surface area contributed by atoms with E-state index in [4.69, 9.17) is 27.6 Å². The van der Waals surface area contributed by atoms with E-state index in [0.29, 0.717) is 21.0 Å². The van der Waals surface area contributed by atoms with Crippen molar-refractivity contribution < 1.29 is 9.21 Å². The number of hydrogen-bond acceptors (Lipinski definition) is 3. The van der Waals surface area contributed by atoms with Crippen molar-refractivity contribution in [1.29, 1.82) is 0 Å². The van der Waals surface area contributed by atoms with Crippen LogP contribution in [0.3, 0.4) is 0 Å². The van der Waals surface area contributed by atoms with Gasteiger partial charge in [-0.15, -0.1) is 0 Å². The molecule has 0 aliphatic carbocycles. The topological polar surface area (TPSA) is 59.3 Å². The normalized spacial score (nSPS) is 12.1. The number of rotatable bonds is 3. The number of carbonyl (C=O) groups excluding carboxylic acids is 1. The summed E-state index contributed by atoms with van der Waals surface area (Å²) in [5, 5.41) is 4.48. The highest BCUT2D eigenvalue weighted by molar-refractivity contribution is 6.31. The van der Waals surface area contributed by atoms with Crippen molar-refractivity contribution in [2.24, 2.45) is 0 Å². The lowest BCUT2D eigenvalue weighted by Gasteiger charge is -2.14. The molecule has 1 aromatic heterocycles. The van der Waals surface area contributed by atoms with Gasteiger partial charge in [0.15, 0.2) is 0 Å². The maximum absolute atomic E-state index is 12.4. The van der Waals surface area contributed by atoms with Crippen LogP contribution in [-0.2, 0) is 0 Å². The van der Waals surface area contributed by atoms with Crippen molar-refractivity contribution in [2.75, 3.05) is 0 Å². The minimum absolute atomic E-state index is 0.0643. The van der Waals surface area contributed by atoms with Gasteiger partial charge in [0.2, 0.25) is 0 Å². The van der Waals surface area contributed by atoms with Gasteiger partial charge in [-0.3, -0.25) is 4.79 Å². The monoisotopic (exact) mass is 361 g/mol. The average Bonchev–Trinajstić information content (AvgIpc) is 2.55. The van der Waals surface area contributed by atoms with Crippen LogP contribution in [0.25, 0.3) is 11.0 Å². The van der Waals surface area contributed by atoms with E-state index in [1.54, 1.807) is 30.3 Å². The van der Waals surface area contributed by atoms with E-state index in [1.807, 2.05) is 19.1 Å². The number of halogens is 2. The summed E-state index contributed by atoms with van der Waals surface area (Å²) in [6.07, 6.45) is 0. The first-order valence-corrected chi connectivity index (χ1v) is 7.99. The van der Waals surface area contributed by atoms with Gasteiger partial charge >= 0.3 is 5.63 Å². The van der Waals surface area contributed by atoms with E-state index in [9.17, 15) is 9.59 Å². The van der Waals surface area contributed by atoms with Crippen LogP contribution in [0.2, 0.25) is 10.0 Å². The lowest BCUT2D eigenvalue weighted by atomic mass is 10.1. The zero-order valence-electron chi connectivity index (χ0n) is 12.7. The maximum atomic E-state index is 12.4. The summed E-state index contributed by atoms with van der Waals surface area (Å²) in [7, 11) is 0. The van der Waals surface area contributed by atoms with Crippen LogP contribution in [-0.4, -0.2) is 5.91 Å². The predicted molar refractivity (Wildman–Crippen MR) is 94.8 cm³/mol. The summed E-state index contributed by atoms with van der Waals surface area (Å²) in [6.45, 7) is 1.82. The third-order valence-corrected chi connectivity index (χ3v) is 4.14. The highest BCUT2D eigenvalue weighted by atomic mass is 35.5. The number of benzene rings is 2. The largest absolute Gasteiger partial charge is 0.422 e. The quantitative estimate of drug-likeness (QED) is 0.694. The maximum Gasteiger partial charge on any atom is 0.349 e. The molecule has 2 aromatic carbocycles. The Bertz CT molecular complexity index is 964. The van der Waals surface area contributed by atoms with Crippen LogP contribution < -0.4 is 10.9 Å². The molecule has 24 heavy (non-hydrogen) atoms. The molecule has 0 saturated carbocycles. The van der Waals surface area contributed by atoms with Crippen LogP contribution in [0.15, 0.2) is 57.7 Å². The first kappa shape index (κ1) is 16.6.